The Labute approximate surface area is 143 Å². The highest BCUT2D eigenvalue weighted by molar-refractivity contribution is 7.89. The van der Waals surface area contributed by atoms with Crippen LogP contribution in [0.1, 0.15) is 48.9 Å². The third-order valence-electron chi connectivity index (χ3n) is 4.53. The zero-order valence-electron chi connectivity index (χ0n) is 14.0. The van der Waals surface area contributed by atoms with Crippen molar-refractivity contribution in [2.24, 2.45) is 0 Å². The molecule has 24 heavy (non-hydrogen) atoms. The van der Waals surface area contributed by atoms with Gasteiger partial charge in [0.2, 0.25) is 10.0 Å². The SMILES string of the molecule is COc1ccc(S(=O)(=O)N2CCCCCC2)cc1C(=O)NC1CC1. The minimum Gasteiger partial charge on any atom is -0.496 e. The van der Waals surface area contributed by atoms with Crippen LogP contribution in [0, 0.1) is 0 Å². The van der Waals surface area contributed by atoms with E-state index in [0.717, 1.165) is 38.5 Å². The van der Waals surface area contributed by atoms with Crippen LogP contribution in [0.2, 0.25) is 0 Å². The summed E-state index contributed by atoms with van der Waals surface area (Å²) in [7, 11) is -2.10. The van der Waals surface area contributed by atoms with Crippen LogP contribution >= 0.6 is 0 Å². The first-order valence-electron chi connectivity index (χ1n) is 8.51. The van der Waals surface area contributed by atoms with E-state index in [0.29, 0.717) is 18.8 Å². The highest BCUT2D eigenvalue weighted by Crippen LogP contribution is 2.27. The summed E-state index contributed by atoms with van der Waals surface area (Å²) in [4.78, 5) is 12.5. The fourth-order valence-electron chi connectivity index (χ4n) is 2.95. The Hall–Kier alpha value is -1.60. The Kier molecular flexibility index (Phi) is 5.10. The molecule has 1 heterocycles. The minimum absolute atomic E-state index is 0.158. The maximum Gasteiger partial charge on any atom is 0.255 e. The van der Waals surface area contributed by atoms with Crippen LogP contribution in [0.15, 0.2) is 23.1 Å². The van der Waals surface area contributed by atoms with Gasteiger partial charge in [0, 0.05) is 19.1 Å². The molecular weight excluding hydrogens is 328 g/mol. The number of carbonyl (C=O) groups excluding carboxylic acids is 1. The molecule has 7 heteroatoms. The van der Waals surface area contributed by atoms with Gasteiger partial charge in [0.1, 0.15) is 5.75 Å². The molecular formula is C17H24N2O4S. The van der Waals surface area contributed by atoms with Crippen LogP contribution in [-0.2, 0) is 10.0 Å². The lowest BCUT2D eigenvalue weighted by atomic mass is 10.2. The Bertz CT molecular complexity index is 705. The molecule has 1 saturated carbocycles. The molecule has 0 radical (unpaired) electrons. The van der Waals surface area contributed by atoms with Crippen molar-refractivity contribution >= 4 is 15.9 Å². The first-order valence-corrected chi connectivity index (χ1v) is 9.95. The largest absolute Gasteiger partial charge is 0.496 e. The molecule has 2 aliphatic rings. The molecule has 3 rings (SSSR count). The second kappa shape index (κ2) is 7.11. The van der Waals surface area contributed by atoms with Crippen molar-refractivity contribution in [3.8, 4) is 5.75 Å². The van der Waals surface area contributed by atoms with E-state index in [1.165, 1.54) is 23.5 Å². The Morgan fingerprint density at radius 2 is 1.83 bits per heavy atom. The average molecular weight is 352 g/mol. The lowest BCUT2D eigenvalue weighted by Gasteiger charge is -2.20. The molecule has 0 aromatic heterocycles. The predicted molar refractivity (Wildman–Crippen MR) is 90.7 cm³/mol. The van der Waals surface area contributed by atoms with Crippen molar-refractivity contribution in [2.75, 3.05) is 20.2 Å². The van der Waals surface area contributed by atoms with E-state index in [-0.39, 0.29) is 22.4 Å². The van der Waals surface area contributed by atoms with Crippen molar-refractivity contribution in [1.29, 1.82) is 0 Å². The summed E-state index contributed by atoms with van der Waals surface area (Å²) >= 11 is 0. The summed E-state index contributed by atoms with van der Waals surface area (Å²) in [5.41, 5.74) is 0.278. The summed E-state index contributed by atoms with van der Waals surface area (Å²) in [6.45, 7) is 1.08. The molecule has 0 spiro atoms. The van der Waals surface area contributed by atoms with E-state index in [4.69, 9.17) is 4.74 Å². The molecule has 0 unspecified atom stereocenters. The summed E-state index contributed by atoms with van der Waals surface area (Å²) in [6.07, 6.45) is 5.82. The number of hydrogen-bond donors (Lipinski definition) is 1. The highest BCUT2D eigenvalue weighted by Gasteiger charge is 2.29. The van der Waals surface area contributed by atoms with E-state index >= 15 is 0 Å². The molecule has 6 nitrogen and oxygen atoms in total. The van der Waals surface area contributed by atoms with Gasteiger partial charge >= 0.3 is 0 Å². The van der Waals surface area contributed by atoms with Crippen molar-refractivity contribution in [1.82, 2.24) is 9.62 Å². The van der Waals surface area contributed by atoms with Crippen molar-refractivity contribution in [2.45, 2.75) is 49.5 Å². The van der Waals surface area contributed by atoms with Gasteiger partial charge in [0.25, 0.3) is 5.91 Å². The van der Waals surface area contributed by atoms with Gasteiger partial charge in [-0.3, -0.25) is 4.79 Å². The molecule has 1 aliphatic heterocycles. The molecule has 132 valence electrons. The number of carbonyl (C=O) groups is 1. The van der Waals surface area contributed by atoms with Crippen LogP contribution in [0.5, 0.6) is 5.75 Å². The van der Waals surface area contributed by atoms with Crippen LogP contribution in [-0.4, -0.2) is 44.9 Å². The molecule has 1 aromatic carbocycles. The molecule has 2 fully saturated rings. The van der Waals surface area contributed by atoms with Gasteiger partial charge < -0.3 is 10.1 Å². The number of sulfonamides is 1. The van der Waals surface area contributed by atoms with Crippen molar-refractivity contribution in [3.63, 3.8) is 0 Å². The van der Waals surface area contributed by atoms with Crippen molar-refractivity contribution < 1.29 is 17.9 Å². The van der Waals surface area contributed by atoms with E-state index in [9.17, 15) is 13.2 Å². The number of hydrogen-bond acceptors (Lipinski definition) is 4. The number of amides is 1. The maximum atomic E-state index is 12.9. The van der Waals surface area contributed by atoms with Gasteiger partial charge in [-0.2, -0.15) is 4.31 Å². The van der Waals surface area contributed by atoms with Gasteiger partial charge in [-0.25, -0.2) is 8.42 Å². The predicted octanol–water partition coefficient (Wildman–Crippen LogP) is 2.15. The number of nitrogens with zero attached hydrogens (tertiary/aromatic N) is 1. The Morgan fingerprint density at radius 3 is 2.42 bits per heavy atom. The number of methoxy groups -OCH3 is 1. The standard InChI is InChI=1S/C17H24N2O4S/c1-23-16-9-8-14(12-15(16)17(20)18-13-6-7-13)24(21,22)19-10-4-2-3-5-11-19/h8-9,12-13H,2-7,10-11H2,1H3,(H,18,20). The molecule has 0 bridgehead atoms. The molecule has 1 saturated heterocycles. The summed E-state index contributed by atoms with van der Waals surface area (Å²) in [5, 5.41) is 2.89. The first-order chi connectivity index (χ1) is 11.5. The van der Waals surface area contributed by atoms with Gasteiger partial charge in [-0.15, -0.1) is 0 Å². The van der Waals surface area contributed by atoms with Crippen LogP contribution in [0.25, 0.3) is 0 Å². The summed E-state index contributed by atoms with van der Waals surface area (Å²) in [6, 6.07) is 4.73. The highest BCUT2D eigenvalue weighted by atomic mass is 32.2. The van der Waals surface area contributed by atoms with Gasteiger partial charge in [0.15, 0.2) is 0 Å². The summed E-state index contributed by atoms with van der Waals surface area (Å²) < 4.78 is 32.6. The molecule has 1 amide bonds. The van der Waals surface area contributed by atoms with Crippen molar-refractivity contribution in [3.05, 3.63) is 23.8 Å². The Balaban J connectivity index is 1.90. The molecule has 1 N–H and O–H groups in total. The van der Waals surface area contributed by atoms with Crippen LogP contribution in [0.4, 0.5) is 0 Å². The van der Waals surface area contributed by atoms with Gasteiger partial charge in [-0.05, 0) is 43.9 Å². The topological polar surface area (TPSA) is 75.7 Å². The number of benzene rings is 1. The van der Waals surface area contributed by atoms with Gasteiger partial charge in [0.05, 0.1) is 17.6 Å². The number of rotatable bonds is 5. The maximum absolute atomic E-state index is 12.9. The average Bonchev–Trinajstić information content (AvgIpc) is 3.40. The fraction of sp³-hybridized carbons (Fsp3) is 0.588. The normalized spacial score (nSPS) is 19.5. The molecule has 1 aromatic rings. The van der Waals surface area contributed by atoms with Crippen LogP contribution < -0.4 is 10.1 Å². The monoisotopic (exact) mass is 352 g/mol. The smallest absolute Gasteiger partial charge is 0.255 e. The van der Waals surface area contributed by atoms with E-state index in [2.05, 4.69) is 5.32 Å². The third kappa shape index (κ3) is 3.72. The fourth-order valence-corrected chi connectivity index (χ4v) is 4.49. The third-order valence-corrected chi connectivity index (χ3v) is 6.43. The van der Waals surface area contributed by atoms with Crippen LogP contribution in [0.3, 0.4) is 0 Å². The first kappa shape index (κ1) is 17.2. The second-order valence-electron chi connectivity index (χ2n) is 6.43. The summed E-state index contributed by atoms with van der Waals surface area (Å²) in [5.74, 6) is 0.116. The van der Waals surface area contributed by atoms with E-state index in [1.54, 1.807) is 6.07 Å². The second-order valence-corrected chi connectivity index (χ2v) is 8.37. The quantitative estimate of drug-likeness (QED) is 0.881. The lowest BCUT2D eigenvalue weighted by Crippen LogP contribution is -2.32. The zero-order chi connectivity index (χ0) is 17.2. The minimum atomic E-state index is -3.58. The number of ether oxygens (including phenoxy) is 1. The number of nitrogens with one attached hydrogen (secondary N) is 1. The van der Waals surface area contributed by atoms with E-state index in [1.807, 2.05) is 0 Å². The van der Waals surface area contributed by atoms with Gasteiger partial charge in [-0.1, -0.05) is 12.8 Å². The van der Waals surface area contributed by atoms with E-state index < -0.39 is 10.0 Å². The Morgan fingerprint density at radius 1 is 1.17 bits per heavy atom. The molecule has 0 atom stereocenters. The molecule has 1 aliphatic carbocycles. The zero-order valence-corrected chi connectivity index (χ0v) is 14.8. The lowest BCUT2D eigenvalue weighted by molar-refractivity contribution is 0.0948.